The summed E-state index contributed by atoms with van der Waals surface area (Å²) >= 11 is 0. The molecule has 0 fully saturated rings. The van der Waals surface area contributed by atoms with Gasteiger partial charge in [-0.15, -0.1) is 0 Å². The van der Waals surface area contributed by atoms with Gasteiger partial charge >= 0.3 is 0 Å². The lowest BCUT2D eigenvalue weighted by Crippen LogP contribution is -2.05. The molecule has 0 aliphatic carbocycles. The number of hydrogen-bond acceptors (Lipinski definition) is 3. The number of hydrogen-bond donors (Lipinski definition) is 1. The van der Waals surface area contributed by atoms with Crippen LogP contribution in [0.2, 0.25) is 0 Å². The Morgan fingerprint density at radius 2 is 2.08 bits per heavy atom. The third-order valence-corrected chi connectivity index (χ3v) is 1.91. The van der Waals surface area contributed by atoms with Crippen LogP contribution in [-0.2, 0) is 6.54 Å². The maximum absolute atomic E-state index is 5.55. The van der Waals surface area contributed by atoms with Crippen molar-refractivity contribution >= 4 is 0 Å². The van der Waals surface area contributed by atoms with Crippen molar-refractivity contribution in [3.8, 4) is 0 Å². The van der Waals surface area contributed by atoms with Crippen molar-refractivity contribution in [1.82, 2.24) is 10.2 Å². The van der Waals surface area contributed by atoms with Crippen molar-refractivity contribution in [3.63, 3.8) is 0 Å². The monoisotopic (exact) mass is 165 g/mol. The zero-order chi connectivity index (χ0) is 9.14. The summed E-state index contributed by atoms with van der Waals surface area (Å²) in [5.41, 5.74) is 8.59. The minimum atomic E-state index is 0.420. The van der Waals surface area contributed by atoms with Crippen LogP contribution < -0.4 is 5.73 Å². The Bertz CT molecular complexity index is 268. The molecule has 3 heteroatoms. The van der Waals surface area contributed by atoms with Gasteiger partial charge in [0.25, 0.3) is 0 Å². The van der Waals surface area contributed by atoms with Crippen molar-refractivity contribution in [3.05, 3.63) is 23.0 Å². The van der Waals surface area contributed by atoms with Gasteiger partial charge in [0.1, 0.15) is 0 Å². The summed E-state index contributed by atoms with van der Waals surface area (Å²) in [5, 5.41) is 8.12. The Morgan fingerprint density at radius 3 is 2.58 bits per heavy atom. The number of nitrogens with two attached hydrogens (primary N) is 1. The quantitative estimate of drug-likeness (QED) is 0.720. The molecule has 0 aromatic carbocycles. The molecule has 1 aromatic rings. The van der Waals surface area contributed by atoms with Crippen LogP contribution >= 0.6 is 0 Å². The van der Waals surface area contributed by atoms with E-state index in [2.05, 4.69) is 24.0 Å². The molecule has 0 amide bonds. The molecular weight excluding hydrogens is 150 g/mol. The summed E-state index contributed by atoms with van der Waals surface area (Å²) in [6.45, 7) is 6.67. The van der Waals surface area contributed by atoms with Gasteiger partial charge in [-0.2, -0.15) is 10.2 Å². The maximum Gasteiger partial charge on any atom is 0.0659 e. The normalized spacial score (nSPS) is 10.8. The summed E-state index contributed by atoms with van der Waals surface area (Å²) < 4.78 is 0. The summed E-state index contributed by atoms with van der Waals surface area (Å²) in [7, 11) is 0. The molecule has 2 N–H and O–H groups in total. The van der Waals surface area contributed by atoms with Gasteiger partial charge in [0.15, 0.2) is 0 Å². The standard InChI is InChI=1S/C9H15N3/c1-6(2)9-4-8(5-10)7(3)11-12-9/h4,6H,5,10H2,1-3H3. The largest absolute Gasteiger partial charge is 0.326 e. The highest BCUT2D eigenvalue weighted by molar-refractivity contribution is 5.21. The topological polar surface area (TPSA) is 51.8 Å². The fourth-order valence-corrected chi connectivity index (χ4v) is 0.998. The van der Waals surface area contributed by atoms with Crippen molar-refractivity contribution in [2.75, 3.05) is 0 Å². The maximum atomic E-state index is 5.55. The smallest absolute Gasteiger partial charge is 0.0659 e. The molecular formula is C9H15N3. The van der Waals surface area contributed by atoms with Gasteiger partial charge in [-0.05, 0) is 24.5 Å². The molecule has 1 aromatic heterocycles. The van der Waals surface area contributed by atoms with Crippen molar-refractivity contribution in [1.29, 1.82) is 0 Å². The van der Waals surface area contributed by atoms with E-state index in [9.17, 15) is 0 Å². The lowest BCUT2D eigenvalue weighted by molar-refractivity contribution is 0.765. The Hall–Kier alpha value is -0.960. The second kappa shape index (κ2) is 3.63. The Kier molecular flexibility index (Phi) is 2.76. The highest BCUT2D eigenvalue weighted by atomic mass is 15.1. The minimum Gasteiger partial charge on any atom is -0.326 e. The molecule has 1 heterocycles. The summed E-state index contributed by atoms with van der Waals surface area (Å²) in [6, 6.07) is 2.03. The van der Waals surface area contributed by atoms with Crippen molar-refractivity contribution in [2.24, 2.45) is 5.73 Å². The molecule has 0 aliphatic rings. The van der Waals surface area contributed by atoms with E-state index in [4.69, 9.17) is 5.73 Å². The van der Waals surface area contributed by atoms with E-state index in [-0.39, 0.29) is 0 Å². The van der Waals surface area contributed by atoms with Crippen LogP contribution in [0.1, 0.15) is 36.7 Å². The highest BCUT2D eigenvalue weighted by Crippen LogP contribution is 2.13. The third-order valence-electron chi connectivity index (χ3n) is 1.91. The van der Waals surface area contributed by atoms with Crippen molar-refractivity contribution in [2.45, 2.75) is 33.2 Å². The van der Waals surface area contributed by atoms with Gasteiger partial charge < -0.3 is 5.73 Å². The predicted octanol–water partition coefficient (Wildman–Crippen LogP) is 1.37. The first-order valence-electron chi connectivity index (χ1n) is 4.18. The molecule has 66 valence electrons. The summed E-state index contributed by atoms with van der Waals surface area (Å²) in [5.74, 6) is 0.420. The Balaban J connectivity index is 3.05. The number of aromatic nitrogens is 2. The van der Waals surface area contributed by atoms with Gasteiger partial charge in [0, 0.05) is 6.54 Å². The minimum absolute atomic E-state index is 0.420. The molecule has 0 aliphatic heterocycles. The highest BCUT2D eigenvalue weighted by Gasteiger charge is 2.04. The lowest BCUT2D eigenvalue weighted by Gasteiger charge is -2.06. The molecule has 0 unspecified atom stereocenters. The van der Waals surface area contributed by atoms with Crippen LogP contribution in [0.4, 0.5) is 0 Å². The van der Waals surface area contributed by atoms with Crippen LogP contribution in [0.15, 0.2) is 6.07 Å². The average molecular weight is 165 g/mol. The molecule has 0 saturated carbocycles. The van der Waals surface area contributed by atoms with Gasteiger partial charge in [-0.3, -0.25) is 0 Å². The van der Waals surface area contributed by atoms with Crippen molar-refractivity contribution < 1.29 is 0 Å². The van der Waals surface area contributed by atoms with E-state index in [1.165, 1.54) is 0 Å². The first kappa shape index (κ1) is 9.13. The summed E-state index contributed by atoms with van der Waals surface area (Å²) in [6.07, 6.45) is 0. The zero-order valence-corrected chi connectivity index (χ0v) is 7.83. The lowest BCUT2D eigenvalue weighted by atomic mass is 10.1. The van der Waals surface area contributed by atoms with Crippen LogP contribution in [0, 0.1) is 6.92 Å². The van der Waals surface area contributed by atoms with Gasteiger partial charge in [0.2, 0.25) is 0 Å². The first-order valence-corrected chi connectivity index (χ1v) is 4.18. The Labute approximate surface area is 73.0 Å². The second-order valence-corrected chi connectivity index (χ2v) is 3.24. The summed E-state index contributed by atoms with van der Waals surface area (Å²) in [4.78, 5) is 0. The number of aryl methyl sites for hydroxylation is 1. The molecule has 0 saturated heterocycles. The fourth-order valence-electron chi connectivity index (χ4n) is 0.998. The second-order valence-electron chi connectivity index (χ2n) is 3.24. The van der Waals surface area contributed by atoms with E-state index < -0.39 is 0 Å². The van der Waals surface area contributed by atoms with Gasteiger partial charge in [0.05, 0.1) is 11.4 Å². The van der Waals surface area contributed by atoms with Crippen LogP contribution in [0.25, 0.3) is 0 Å². The van der Waals surface area contributed by atoms with E-state index >= 15 is 0 Å². The molecule has 12 heavy (non-hydrogen) atoms. The average Bonchev–Trinajstić information content (AvgIpc) is 2.05. The first-order chi connectivity index (χ1) is 5.65. The SMILES string of the molecule is Cc1nnc(C(C)C)cc1CN. The third kappa shape index (κ3) is 1.80. The predicted molar refractivity (Wildman–Crippen MR) is 48.7 cm³/mol. The Morgan fingerprint density at radius 1 is 1.42 bits per heavy atom. The van der Waals surface area contributed by atoms with E-state index in [0.717, 1.165) is 17.0 Å². The molecule has 0 atom stereocenters. The number of rotatable bonds is 2. The molecule has 1 rings (SSSR count). The van der Waals surface area contributed by atoms with Crippen LogP contribution in [-0.4, -0.2) is 10.2 Å². The van der Waals surface area contributed by atoms with Crippen LogP contribution in [0.5, 0.6) is 0 Å². The van der Waals surface area contributed by atoms with Gasteiger partial charge in [-0.1, -0.05) is 13.8 Å². The van der Waals surface area contributed by atoms with E-state index in [1.54, 1.807) is 0 Å². The zero-order valence-electron chi connectivity index (χ0n) is 7.83. The van der Waals surface area contributed by atoms with Crippen LogP contribution in [0.3, 0.4) is 0 Å². The van der Waals surface area contributed by atoms with Gasteiger partial charge in [-0.25, -0.2) is 0 Å². The number of nitrogens with zero attached hydrogens (tertiary/aromatic N) is 2. The molecule has 3 nitrogen and oxygen atoms in total. The molecule has 0 spiro atoms. The fraction of sp³-hybridized carbons (Fsp3) is 0.556. The molecule has 0 radical (unpaired) electrons. The van der Waals surface area contributed by atoms with E-state index in [1.807, 2.05) is 13.0 Å². The van der Waals surface area contributed by atoms with E-state index in [0.29, 0.717) is 12.5 Å². The molecule has 0 bridgehead atoms.